The molecule has 0 radical (unpaired) electrons. The van der Waals surface area contributed by atoms with E-state index in [-0.39, 0.29) is 0 Å². The van der Waals surface area contributed by atoms with Crippen molar-refractivity contribution in [3.63, 3.8) is 0 Å². The fourth-order valence-corrected chi connectivity index (χ4v) is 1.20. The molecule has 2 aromatic rings. The average molecular weight is 209 g/mol. The molecule has 0 aliphatic carbocycles. The van der Waals surface area contributed by atoms with Crippen LogP contribution in [0.25, 0.3) is 0 Å². The zero-order valence-electron chi connectivity index (χ0n) is 7.37. The Morgan fingerprint density at radius 1 is 1.29 bits per heavy atom. The third-order valence-corrected chi connectivity index (χ3v) is 2.02. The molecule has 2 rings (SSSR count). The van der Waals surface area contributed by atoms with Gasteiger partial charge in [-0.05, 0) is 24.3 Å². The molecule has 0 saturated heterocycles. The van der Waals surface area contributed by atoms with E-state index < -0.39 is 0 Å². The number of benzene rings is 1. The molecule has 0 unspecified atom stereocenters. The zero-order chi connectivity index (χ0) is 9.80. The maximum atomic E-state index is 5.76. The maximum Gasteiger partial charge on any atom is 0.143 e. The highest BCUT2D eigenvalue weighted by atomic mass is 35.5. The zero-order valence-corrected chi connectivity index (χ0v) is 8.12. The van der Waals surface area contributed by atoms with Gasteiger partial charge < -0.3 is 5.32 Å². The Hall–Kier alpha value is -1.55. The Balaban J connectivity index is 1.95. The van der Waals surface area contributed by atoms with Crippen molar-refractivity contribution in [3.8, 4) is 0 Å². The second kappa shape index (κ2) is 4.11. The van der Waals surface area contributed by atoms with Crippen LogP contribution in [0.1, 0.15) is 5.82 Å². The van der Waals surface area contributed by atoms with Crippen molar-refractivity contribution < 1.29 is 0 Å². The van der Waals surface area contributed by atoms with Gasteiger partial charge in [0.05, 0.1) is 6.54 Å². The van der Waals surface area contributed by atoms with E-state index in [4.69, 9.17) is 11.6 Å². The third kappa shape index (κ3) is 2.23. The van der Waals surface area contributed by atoms with Crippen LogP contribution in [-0.2, 0) is 6.54 Å². The number of aromatic amines is 1. The van der Waals surface area contributed by atoms with Gasteiger partial charge in [0.2, 0.25) is 0 Å². The lowest BCUT2D eigenvalue weighted by Crippen LogP contribution is -2.00. The van der Waals surface area contributed by atoms with E-state index in [1.807, 2.05) is 24.3 Å². The summed E-state index contributed by atoms with van der Waals surface area (Å²) in [4.78, 5) is 3.99. The minimum atomic E-state index is 0.627. The van der Waals surface area contributed by atoms with E-state index in [2.05, 4.69) is 20.5 Å². The summed E-state index contributed by atoms with van der Waals surface area (Å²) >= 11 is 5.76. The second-order valence-electron chi connectivity index (χ2n) is 2.79. The number of rotatable bonds is 3. The summed E-state index contributed by atoms with van der Waals surface area (Å²) in [5, 5.41) is 10.4. The summed E-state index contributed by atoms with van der Waals surface area (Å²) < 4.78 is 0. The minimum Gasteiger partial charge on any atom is -0.378 e. The molecule has 0 amide bonds. The van der Waals surface area contributed by atoms with Crippen molar-refractivity contribution in [1.82, 2.24) is 15.2 Å². The molecule has 0 atom stereocenters. The Morgan fingerprint density at radius 3 is 2.71 bits per heavy atom. The van der Waals surface area contributed by atoms with Crippen LogP contribution in [0.15, 0.2) is 30.6 Å². The normalized spacial score (nSPS) is 10.1. The molecule has 2 N–H and O–H groups in total. The number of nitrogens with zero attached hydrogens (tertiary/aromatic N) is 2. The first-order chi connectivity index (χ1) is 6.84. The predicted octanol–water partition coefficient (Wildman–Crippen LogP) is 2.07. The molecule has 72 valence electrons. The fourth-order valence-electron chi connectivity index (χ4n) is 1.07. The standard InChI is InChI=1S/C9H9ClN4/c10-7-1-3-8(4-2-7)11-5-9-12-6-13-14-9/h1-4,6,11H,5H2,(H,12,13,14). The highest BCUT2D eigenvalue weighted by Gasteiger charge is 1.95. The Kier molecular flexibility index (Phi) is 2.65. The van der Waals surface area contributed by atoms with Gasteiger partial charge in [0, 0.05) is 10.7 Å². The molecule has 0 bridgehead atoms. The first-order valence-corrected chi connectivity index (χ1v) is 4.56. The van der Waals surface area contributed by atoms with Crippen LogP contribution in [0.5, 0.6) is 0 Å². The van der Waals surface area contributed by atoms with Gasteiger partial charge in [-0.1, -0.05) is 11.6 Å². The van der Waals surface area contributed by atoms with E-state index >= 15 is 0 Å². The van der Waals surface area contributed by atoms with Crippen LogP contribution in [-0.4, -0.2) is 15.2 Å². The van der Waals surface area contributed by atoms with Crippen LogP contribution in [0.4, 0.5) is 5.69 Å². The van der Waals surface area contributed by atoms with Gasteiger partial charge in [-0.2, -0.15) is 5.10 Å². The van der Waals surface area contributed by atoms with Crippen LogP contribution in [0, 0.1) is 0 Å². The van der Waals surface area contributed by atoms with Crippen molar-refractivity contribution in [3.05, 3.63) is 41.4 Å². The first-order valence-electron chi connectivity index (χ1n) is 4.18. The molecule has 1 aromatic heterocycles. The highest BCUT2D eigenvalue weighted by molar-refractivity contribution is 6.30. The molecule has 1 aromatic carbocycles. The monoisotopic (exact) mass is 208 g/mol. The largest absolute Gasteiger partial charge is 0.378 e. The molecule has 0 spiro atoms. The number of hydrogen-bond donors (Lipinski definition) is 2. The van der Waals surface area contributed by atoms with E-state index in [0.29, 0.717) is 6.54 Å². The van der Waals surface area contributed by atoms with Crippen LogP contribution in [0.3, 0.4) is 0 Å². The smallest absolute Gasteiger partial charge is 0.143 e. The van der Waals surface area contributed by atoms with Crippen molar-refractivity contribution in [2.75, 3.05) is 5.32 Å². The van der Waals surface area contributed by atoms with Gasteiger partial charge in [-0.3, -0.25) is 5.10 Å². The first kappa shape index (κ1) is 9.02. The number of aromatic nitrogens is 3. The van der Waals surface area contributed by atoms with Crippen molar-refractivity contribution in [1.29, 1.82) is 0 Å². The lowest BCUT2D eigenvalue weighted by molar-refractivity contribution is 0.955. The third-order valence-electron chi connectivity index (χ3n) is 1.77. The number of hydrogen-bond acceptors (Lipinski definition) is 3. The quantitative estimate of drug-likeness (QED) is 0.812. The van der Waals surface area contributed by atoms with E-state index in [0.717, 1.165) is 16.5 Å². The van der Waals surface area contributed by atoms with Crippen LogP contribution < -0.4 is 5.32 Å². The summed E-state index contributed by atoms with van der Waals surface area (Å²) in [7, 11) is 0. The molecule has 1 heterocycles. The topological polar surface area (TPSA) is 53.6 Å². The fraction of sp³-hybridized carbons (Fsp3) is 0.111. The molecular formula is C9H9ClN4. The van der Waals surface area contributed by atoms with Crippen LogP contribution in [0.2, 0.25) is 5.02 Å². The van der Waals surface area contributed by atoms with Crippen LogP contribution >= 0.6 is 11.6 Å². The predicted molar refractivity (Wildman–Crippen MR) is 55.2 cm³/mol. The minimum absolute atomic E-state index is 0.627. The Morgan fingerprint density at radius 2 is 2.07 bits per heavy atom. The maximum absolute atomic E-state index is 5.76. The number of nitrogens with one attached hydrogen (secondary N) is 2. The van der Waals surface area contributed by atoms with E-state index in [9.17, 15) is 0 Å². The van der Waals surface area contributed by atoms with Gasteiger partial charge in [-0.15, -0.1) is 0 Å². The Bertz CT molecular complexity index is 382. The summed E-state index contributed by atoms with van der Waals surface area (Å²) in [5.74, 6) is 0.806. The lowest BCUT2D eigenvalue weighted by Gasteiger charge is -2.03. The summed E-state index contributed by atoms with van der Waals surface area (Å²) in [6.07, 6.45) is 1.48. The number of H-pyrrole nitrogens is 1. The highest BCUT2D eigenvalue weighted by Crippen LogP contribution is 2.13. The lowest BCUT2D eigenvalue weighted by atomic mass is 10.3. The van der Waals surface area contributed by atoms with E-state index in [1.165, 1.54) is 6.33 Å². The SMILES string of the molecule is Clc1ccc(NCc2ncn[nH]2)cc1. The number of halogens is 1. The van der Waals surface area contributed by atoms with Gasteiger partial charge in [0.25, 0.3) is 0 Å². The molecular weight excluding hydrogens is 200 g/mol. The summed E-state index contributed by atoms with van der Waals surface area (Å²) in [6.45, 7) is 0.627. The van der Waals surface area contributed by atoms with Crippen molar-refractivity contribution >= 4 is 17.3 Å². The van der Waals surface area contributed by atoms with Gasteiger partial charge >= 0.3 is 0 Å². The Labute approximate surface area is 86.3 Å². The van der Waals surface area contributed by atoms with Gasteiger partial charge in [-0.25, -0.2) is 4.98 Å². The molecule has 5 heteroatoms. The molecule has 0 aliphatic rings. The van der Waals surface area contributed by atoms with Gasteiger partial charge in [0.1, 0.15) is 12.2 Å². The van der Waals surface area contributed by atoms with E-state index in [1.54, 1.807) is 0 Å². The van der Waals surface area contributed by atoms with Crippen molar-refractivity contribution in [2.24, 2.45) is 0 Å². The molecule has 14 heavy (non-hydrogen) atoms. The van der Waals surface area contributed by atoms with Crippen molar-refractivity contribution in [2.45, 2.75) is 6.54 Å². The average Bonchev–Trinajstić information content (AvgIpc) is 2.70. The summed E-state index contributed by atoms with van der Waals surface area (Å²) in [6, 6.07) is 7.51. The number of anilines is 1. The second-order valence-corrected chi connectivity index (χ2v) is 3.23. The molecule has 0 saturated carbocycles. The molecule has 0 aliphatic heterocycles. The molecule has 4 nitrogen and oxygen atoms in total. The molecule has 0 fully saturated rings. The van der Waals surface area contributed by atoms with Gasteiger partial charge in [0.15, 0.2) is 0 Å². The summed E-state index contributed by atoms with van der Waals surface area (Å²) in [5.41, 5.74) is 1.01.